The summed E-state index contributed by atoms with van der Waals surface area (Å²) < 4.78 is 43.6. The average molecular weight is 522 g/mol. The molecule has 4 rings (SSSR count). The SMILES string of the molecule is C=CC(F)(F)Oc1ccc(-c2nc(-c3ccc4c(c3)c(Cl)cn4CCC(=O)OCC)no2)cc1Cl. The average Bonchev–Trinajstić information content (AvgIpc) is 3.44. The standard InChI is InChI=1S/C24H19Cl2F2N3O4/c1-3-24(27,28)34-20-8-6-15(12-17(20)25)23-29-22(30-35-23)14-5-7-19-16(11-14)18(26)13-31(19)10-9-21(32)33-4-2/h3,5-8,11-13H,1,4,9-10H2,2H3. The van der Waals surface area contributed by atoms with Gasteiger partial charge in [-0.3, -0.25) is 4.79 Å². The van der Waals surface area contributed by atoms with Crippen LogP contribution in [0.25, 0.3) is 33.7 Å². The molecule has 2 heterocycles. The zero-order chi connectivity index (χ0) is 25.2. The molecule has 2 aromatic heterocycles. The first kappa shape index (κ1) is 24.7. The third-order valence-electron chi connectivity index (χ3n) is 5.04. The molecular formula is C24H19Cl2F2N3O4. The van der Waals surface area contributed by atoms with Crippen molar-refractivity contribution in [2.45, 2.75) is 26.0 Å². The number of aryl methyl sites for hydroxylation is 1. The van der Waals surface area contributed by atoms with E-state index in [2.05, 4.69) is 21.5 Å². The van der Waals surface area contributed by atoms with Crippen molar-refractivity contribution in [3.8, 4) is 28.6 Å². The molecule has 0 amide bonds. The summed E-state index contributed by atoms with van der Waals surface area (Å²) in [6.45, 7) is 5.54. The number of rotatable bonds is 9. The molecule has 0 radical (unpaired) electrons. The molecule has 0 fully saturated rings. The number of hydrogen-bond acceptors (Lipinski definition) is 6. The van der Waals surface area contributed by atoms with Crippen LogP contribution in [0.3, 0.4) is 0 Å². The highest BCUT2D eigenvalue weighted by Gasteiger charge is 2.28. The van der Waals surface area contributed by atoms with Gasteiger partial charge in [0.15, 0.2) is 0 Å². The van der Waals surface area contributed by atoms with E-state index in [0.29, 0.717) is 41.2 Å². The molecule has 2 aromatic carbocycles. The number of ether oxygens (including phenoxy) is 2. The molecule has 4 aromatic rings. The van der Waals surface area contributed by atoms with Crippen LogP contribution in [-0.4, -0.2) is 33.4 Å². The molecule has 35 heavy (non-hydrogen) atoms. The largest absolute Gasteiger partial charge is 0.466 e. The molecule has 11 heteroatoms. The Bertz CT molecular complexity index is 1400. The lowest BCUT2D eigenvalue weighted by atomic mass is 10.1. The van der Waals surface area contributed by atoms with Crippen molar-refractivity contribution in [1.82, 2.24) is 14.7 Å². The van der Waals surface area contributed by atoms with E-state index in [9.17, 15) is 13.6 Å². The number of halogens is 4. The molecule has 182 valence electrons. The third kappa shape index (κ3) is 5.47. The molecule has 0 unspecified atom stereocenters. The molecule has 0 aliphatic rings. The fraction of sp³-hybridized carbons (Fsp3) is 0.208. The molecule has 0 aliphatic heterocycles. The first-order valence-corrected chi connectivity index (χ1v) is 11.2. The van der Waals surface area contributed by atoms with Crippen molar-refractivity contribution in [3.63, 3.8) is 0 Å². The van der Waals surface area contributed by atoms with Crippen LogP contribution in [0.4, 0.5) is 8.78 Å². The number of esters is 1. The minimum Gasteiger partial charge on any atom is -0.466 e. The van der Waals surface area contributed by atoms with E-state index in [1.54, 1.807) is 19.2 Å². The molecule has 0 spiro atoms. The molecule has 0 atom stereocenters. The van der Waals surface area contributed by atoms with Crippen molar-refractivity contribution in [2.24, 2.45) is 0 Å². The second-order valence-electron chi connectivity index (χ2n) is 7.39. The van der Waals surface area contributed by atoms with Crippen molar-refractivity contribution in [3.05, 3.63) is 65.3 Å². The molecule has 7 nitrogen and oxygen atoms in total. The van der Waals surface area contributed by atoms with Crippen LogP contribution < -0.4 is 4.74 Å². The number of nitrogens with zero attached hydrogens (tertiary/aromatic N) is 3. The van der Waals surface area contributed by atoms with Crippen LogP contribution in [0.5, 0.6) is 5.75 Å². The lowest BCUT2D eigenvalue weighted by Gasteiger charge is -2.14. The highest BCUT2D eigenvalue weighted by molar-refractivity contribution is 6.35. The number of hydrogen-bond donors (Lipinski definition) is 0. The van der Waals surface area contributed by atoms with Gasteiger partial charge in [-0.15, -0.1) is 0 Å². The van der Waals surface area contributed by atoms with Crippen LogP contribution in [-0.2, 0) is 16.1 Å². The smallest absolute Gasteiger partial charge is 0.419 e. The van der Waals surface area contributed by atoms with Crippen LogP contribution in [0.2, 0.25) is 10.0 Å². The normalized spacial score (nSPS) is 11.6. The molecule has 0 aliphatic carbocycles. The maximum Gasteiger partial charge on any atom is 0.419 e. The van der Waals surface area contributed by atoms with Crippen molar-refractivity contribution in [1.29, 1.82) is 0 Å². The summed E-state index contributed by atoms with van der Waals surface area (Å²) in [5, 5.41) is 5.22. The summed E-state index contributed by atoms with van der Waals surface area (Å²) >= 11 is 12.5. The fourth-order valence-corrected chi connectivity index (χ4v) is 3.87. The van der Waals surface area contributed by atoms with Gasteiger partial charge in [0, 0.05) is 40.8 Å². The van der Waals surface area contributed by atoms with Gasteiger partial charge >= 0.3 is 12.1 Å². The van der Waals surface area contributed by atoms with Gasteiger partial charge in [0.2, 0.25) is 5.82 Å². The summed E-state index contributed by atoms with van der Waals surface area (Å²) in [7, 11) is 0. The third-order valence-corrected chi connectivity index (χ3v) is 5.64. The summed E-state index contributed by atoms with van der Waals surface area (Å²) in [5.41, 5.74) is 1.91. The monoisotopic (exact) mass is 521 g/mol. The van der Waals surface area contributed by atoms with Gasteiger partial charge in [-0.05, 0) is 43.3 Å². The van der Waals surface area contributed by atoms with Gasteiger partial charge in [0.25, 0.3) is 5.89 Å². The highest BCUT2D eigenvalue weighted by Crippen LogP contribution is 2.35. The van der Waals surface area contributed by atoms with Gasteiger partial charge in [-0.1, -0.05) is 34.9 Å². The topological polar surface area (TPSA) is 79.4 Å². The second kappa shape index (κ2) is 10.1. The zero-order valence-electron chi connectivity index (χ0n) is 18.4. The summed E-state index contributed by atoms with van der Waals surface area (Å²) in [6, 6.07) is 9.60. The van der Waals surface area contributed by atoms with E-state index in [4.69, 9.17) is 32.5 Å². The summed E-state index contributed by atoms with van der Waals surface area (Å²) in [5.74, 6) is -0.0582. The maximum absolute atomic E-state index is 13.4. The summed E-state index contributed by atoms with van der Waals surface area (Å²) in [4.78, 5) is 16.1. The van der Waals surface area contributed by atoms with Crippen LogP contribution in [0, 0.1) is 0 Å². The number of aromatic nitrogens is 3. The maximum atomic E-state index is 13.4. The van der Waals surface area contributed by atoms with Gasteiger partial charge < -0.3 is 18.6 Å². The van der Waals surface area contributed by atoms with Crippen molar-refractivity contribution >= 4 is 40.1 Å². The number of fused-ring (bicyclic) bond motifs is 1. The minimum absolute atomic E-state index is 0.0545. The lowest BCUT2D eigenvalue weighted by Crippen LogP contribution is -2.20. The van der Waals surface area contributed by atoms with E-state index in [1.165, 1.54) is 18.2 Å². The van der Waals surface area contributed by atoms with E-state index in [1.807, 2.05) is 16.7 Å². The molecule has 0 N–H and O–H groups in total. The Morgan fingerprint density at radius 1 is 1.20 bits per heavy atom. The molecule has 0 bridgehead atoms. The van der Waals surface area contributed by atoms with Crippen LogP contribution in [0.1, 0.15) is 13.3 Å². The quantitative estimate of drug-likeness (QED) is 0.178. The Hall–Kier alpha value is -3.43. The molecular weight excluding hydrogens is 503 g/mol. The highest BCUT2D eigenvalue weighted by atomic mass is 35.5. The van der Waals surface area contributed by atoms with E-state index in [0.717, 1.165) is 10.9 Å². The van der Waals surface area contributed by atoms with E-state index < -0.39 is 6.11 Å². The molecule has 0 saturated heterocycles. The number of carbonyl (C=O) groups excluding carboxylic acids is 1. The fourth-order valence-electron chi connectivity index (χ4n) is 3.39. The minimum atomic E-state index is -3.56. The summed E-state index contributed by atoms with van der Waals surface area (Å²) in [6.07, 6.45) is -1.21. The first-order valence-electron chi connectivity index (χ1n) is 10.5. The Morgan fingerprint density at radius 2 is 1.97 bits per heavy atom. The Balaban J connectivity index is 1.56. The van der Waals surface area contributed by atoms with Gasteiger partial charge in [0.1, 0.15) is 5.75 Å². The lowest BCUT2D eigenvalue weighted by molar-refractivity contribution is -0.143. The van der Waals surface area contributed by atoms with Crippen LogP contribution >= 0.6 is 23.2 Å². The van der Waals surface area contributed by atoms with Gasteiger partial charge in [-0.2, -0.15) is 13.8 Å². The molecule has 0 saturated carbocycles. The Labute approximate surface area is 208 Å². The van der Waals surface area contributed by atoms with Gasteiger partial charge in [-0.25, -0.2) is 0 Å². The predicted molar refractivity (Wildman–Crippen MR) is 128 cm³/mol. The number of alkyl halides is 2. The van der Waals surface area contributed by atoms with Crippen molar-refractivity contribution < 1.29 is 27.6 Å². The number of benzene rings is 2. The predicted octanol–water partition coefficient (Wildman–Crippen LogP) is 6.78. The van der Waals surface area contributed by atoms with Crippen molar-refractivity contribution in [2.75, 3.05) is 6.61 Å². The van der Waals surface area contributed by atoms with Gasteiger partial charge in [0.05, 0.1) is 23.1 Å². The number of carbonyl (C=O) groups is 1. The van der Waals surface area contributed by atoms with E-state index in [-0.39, 0.29) is 29.1 Å². The van der Waals surface area contributed by atoms with Crippen LogP contribution in [0.15, 0.2) is 59.8 Å². The van der Waals surface area contributed by atoms with E-state index >= 15 is 0 Å². The first-order chi connectivity index (χ1) is 16.7. The second-order valence-corrected chi connectivity index (χ2v) is 8.21. The Morgan fingerprint density at radius 3 is 2.69 bits per heavy atom. The zero-order valence-corrected chi connectivity index (χ0v) is 19.9. The Kier molecular flexibility index (Phi) is 7.09.